The number of rotatable bonds is 3. The number of carbonyl (C=O) groups is 1. The van der Waals surface area contributed by atoms with Crippen molar-refractivity contribution in [3.8, 4) is 5.75 Å². The van der Waals surface area contributed by atoms with E-state index < -0.39 is 0 Å². The minimum Gasteiger partial charge on any atom is -0.493 e. The second kappa shape index (κ2) is 4.74. The van der Waals surface area contributed by atoms with E-state index in [-0.39, 0.29) is 12.4 Å². The van der Waals surface area contributed by atoms with Crippen LogP contribution in [0.15, 0.2) is 12.1 Å². The van der Waals surface area contributed by atoms with E-state index >= 15 is 0 Å². The maximum atomic E-state index is 11.4. The molecule has 1 aromatic carbocycles. The molecule has 1 aliphatic heterocycles. The van der Waals surface area contributed by atoms with Gasteiger partial charge in [-0.05, 0) is 24.6 Å². The van der Waals surface area contributed by atoms with Gasteiger partial charge in [0, 0.05) is 17.0 Å². The van der Waals surface area contributed by atoms with Crippen LogP contribution in [0.5, 0.6) is 5.75 Å². The summed E-state index contributed by atoms with van der Waals surface area (Å²) in [6.45, 7) is 2.84. The zero-order chi connectivity index (χ0) is 11.5. The number of hydrogen-bond donors (Lipinski definition) is 0. The third-order valence-corrected chi connectivity index (χ3v) is 2.68. The fraction of sp³-hybridized carbons (Fsp3) is 0.417. The highest BCUT2D eigenvalue weighted by atomic mass is 35.5. The van der Waals surface area contributed by atoms with Gasteiger partial charge in [0.25, 0.3) is 0 Å². The van der Waals surface area contributed by atoms with Crippen LogP contribution in [0.4, 0.5) is 0 Å². The molecule has 0 atom stereocenters. The number of esters is 1. The normalized spacial score (nSPS) is 13.1. The van der Waals surface area contributed by atoms with Gasteiger partial charge in [0.2, 0.25) is 0 Å². The van der Waals surface area contributed by atoms with Gasteiger partial charge < -0.3 is 9.47 Å². The molecule has 0 fully saturated rings. The topological polar surface area (TPSA) is 35.5 Å². The first-order valence-electron chi connectivity index (χ1n) is 5.30. The van der Waals surface area contributed by atoms with Gasteiger partial charge in [-0.25, -0.2) is 0 Å². The first-order valence-corrected chi connectivity index (χ1v) is 5.68. The smallest absolute Gasteiger partial charge is 0.310 e. The van der Waals surface area contributed by atoms with Crippen molar-refractivity contribution in [2.75, 3.05) is 13.2 Å². The minimum absolute atomic E-state index is 0.219. The Balaban J connectivity index is 2.23. The Bertz CT molecular complexity index is 415. The molecular formula is C12H13ClO3. The quantitative estimate of drug-likeness (QED) is 0.761. The van der Waals surface area contributed by atoms with Crippen LogP contribution >= 0.6 is 11.6 Å². The van der Waals surface area contributed by atoms with Crippen LogP contribution in [0.1, 0.15) is 18.1 Å². The van der Waals surface area contributed by atoms with Crippen molar-refractivity contribution >= 4 is 17.6 Å². The third kappa shape index (κ3) is 2.30. The van der Waals surface area contributed by atoms with E-state index in [9.17, 15) is 4.79 Å². The number of carbonyl (C=O) groups excluding carboxylic acids is 1. The van der Waals surface area contributed by atoms with Crippen molar-refractivity contribution in [1.82, 2.24) is 0 Å². The van der Waals surface area contributed by atoms with E-state index in [1.165, 1.54) is 0 Å². The fourth-order valence-electron chi connectivity index (χ4n) is 1.84. The van der Waals surface area contributed by atoms with Crippen molar-refractivity contribution in [2.45, 2.75) is 19.8 Å². The van der Waals surface area contributed by atoms with Crippen molar-refractivity contribution in [3.63, 3.8) is 0 Å². The number of fused-ring (bicyclic) bond motifs is 1. The minimum atomic E-state index is -0.248. The van der Waals surface area contributed by atoms with Gasteiger partial charge in [-0.15, -0.1) is 0 Å². The van der Waals surface area contributed by atoms with Crippen molar-refractivity contribution in [1.29, 1.82) is 0 Å². The van der Waals surface area contributed by atoms with Gasteiger partial charge in [-0.2, -0.15) is 0 Å². The maximum absolute atomic E-state index is 11.4. The molecule has 0 saturated heterocycles. The summed E-state index contributed by atoms with van der Waals surface area (Å²) >= 11 is 5.98. The zero-order valence-corrected chi connectivity index (χ0v) is 9.84. The van der Waals surface area contributed by atoms with E-state index in [0.717, 1.165) is 23.3 Å². The molecule has 0 unspecified atom stereocenters. The van der Waals surface area contributed by atoms with E-state index in [1.54, 1.807) is 13.0 Å². The average Bonchev–Trinajstić information content (AvgIpc) is 2.65. The van der Waals surface area contributed by atoms with Crippen LogP contribution in [0.2, 0.25) is 5.02 Å². The predicted molar refractivity (Wildman–Crippen MR) is 61.0 cm³/mol. The van der Waals surface area contributed by atoms with Crippen LogP contribution in [0, 0.1) is 0 Å². The number of ether oxygens (including phenoxy) is 2. The Hall–Kier alpha value is -1.22. The summed E-state index contributed by atoms with van der Waals surface area (Å²) < 4.78 is 10.4. The van der Waals surface area contributed by atoms with Gasteiger partial charge in [-0.3, -0.25) is 4.79 Å². The molecule has 3 nitrogen and oxygen atoms in total. The summed E-state index contributed by atoms with van der Waals surface area (Å²) in [5.74, 6) is 0.555. The molecule has 0 bridgehead atoms. The van der Waals surface area contributed by atoms with Crippen molar-refractivity contribution in [2.24, 2.45) is 0 Å². The van der Waals surface area contributed by atoms with Crippen molar-refractivity contribution in [3.05, 3.63) is 28.3 Å². The van der Waals surface area contributed by atoms with Gasteiger partial charge in [0.05, 0.1) is 19.6 Å². The lowest BCUT2D eigenvalue weighted by Gasteiger charge is -2.08. The highest BCUT2D eigenvalue weighted by molar-refractivity contribution is 6.30. The summed E-state index contributed by atoms with van der Waals surface area (Å²) in [6, 6.07) is 3.65. The Morgan fingerprint density at radius 1 is 1.56 bits per heavy atom. The summed E-state index contributed by atoms with van der Waals surface area (Å²) in [5.41, 5.74) is 1.89. The highest BCUT2D eigenvalue weighted by Crippen LogP contribution is 2.33. The summed E-state index contributed by atoms with van der Waals surface area (Å²) in [5, 5.41) is 0.642. The summed E-state index contributed by atoms with van der Waals surface area (Å²) in [7, 11) is 0. The first-order chi connectivity index (χ1) is 7.70. The van der Waals surface area contributed by atoms with Crippen LogP contribution in [-0.4, -0.2) is 19.2 Å². The highest BCUT2D eigenvalue weighted by Gasteiger charge is 2.19. The molecule has 0 spiro atoms. The van der Waals surface area contributed by atoms with Crippen molar-refractivity contribution < 1.29 is 14.3 Å². The van der Waals surface area contributed by atoms with Gasteiger partial charge in [0.15, 0.2) is 0 Å². The summed E-state index contributed by atoms with van der Waals surface area (Å²) in [6.07, 6.45) is 1.07. The van der Waals surface area contributed by atoms with Crippen LogP contribution in [0.3, 0.4) is 0 Å². The molecule has 4 heteroatoms. The second-order valence-electron chi connectivity index (χ2n) is 3.63. The van der Waals surface area contributed by atoms with E-state index in [0.29, 0.717) is 18.2 Å². The van der Waals surface area contributed by atoms with Crippen LogP contribution < -0.4 is 4.74 Å². The molecule has 0 N–H and O–H groups in total. The monoisotopic (exact) mass is 240 g/mol. The largest absolute Gasteiger partial charge is 0.493 e. The average molecular weight is 241 g/mol. The van der Waals surface area contributed by atoms with Gasteiger partial charge >= 0.3 is 5.97 Å². The second-order valence-corrected chi connectivity index (χ2v) is 4.07. The predicted octanol–water partition coefficient (Wildman–Crippen LogP) is 2.38. The fourth-order valence-corrected chi connectivity index (χ4v) is 2.11. The summed E-state index contributed by atoms with van der Waals surface area (Å²) in [4.78, 5) is 11.4. The first kappa shape index (κ1) is 11.3. The maximum Gasteiger partial charge on any atom is 0.310 e. The van der Waals surface area contributed by atoms with Gasteiger partial charge in [-0.1, -0.05) is 11.6 Å². The Kier molecular flexibility index (Phi) is 3.34. The molecule has 1 aromatic rings. The lowest BCUT2D eigenvalue weighted by Crippen LogP contribution is -2.08. The lowest BCUT2D eigenvalue weighted by atomic mass is 10.1. The Morgan fingerprint density at radius 3 is 3.12 bits per heavy atom. The van der Waals surface area contributed by atoms with E-state index in [2.05, 4.69) is 0 Å². The van der Waals surface area contributed by atoms with Crippen LogP contribution in [-0.2, 0) is 22.4 Å². The van der Waals surface area contributed by atoms with E-state index in [1.807, 2.05) is 6.07 Å². The Labute approximate surface area is 99.3 Å². The number of halogens is 1. The lowest BCUT2D eigenvalue weighted by molar-refractivity contribution is -0.142. The molecule has 0 radical (unpaired) electrons. The molecule has 1 heterocycles. The number of hydrogen-bond acceptors (Lipinski definition) is 3. The zero-order valence-electron chi connectivity index (χ0n) is 9.09. The molecule has 0 saturated carbocycles. The SMILES string of the molecule is CCOC(=O)Cc1cc(Cl)cc2c1OCC2. The molecule has 0 aliphatic carbocycles. The molecular weight excluding hydrogens is 228 g/mol. The van der Waals surface area contributed by atoms with Crippen LogP contribution in [0.25, 0.3) is 0 Å². The molecule has 0 aromatic heterocycles. The van der Waals surface area contributed by atoms with Gasteiger partial charge in [0.1, 0.15) is 5.75 Å². The standard InChI is InChI=1S/C12H13ClO3/c1-2-15-11(14)7-9-6-10(13)5-8-3-4-16-12(8)9/h5-6H,2-4,7H2,1H3. The Morgan fingerprint density at radius 2 is 2.38 bits per heavy atom. The molecule has 2 rings (SSSR count). The molecule has 16 heavy (non-hydrogen) atoms. The molecule has 86 valence electrons. The van der Waals surface area contributed by atoms with E-state index in [4.69, 9.17) is 21.1 Å². The molecule has 0 amide bonds. The molecule has 1 aliphatic rings. The third-order valence-electron chi connectivity index (χ3n) is 2.47. The number of benzene rings is 1.